The molecule has 2 rings (SSSR count). The first-order chi connectivity index (χ1) is 8.49. The Labute approximate surface area is 108 Å². The number of Topliss-reactive ketones (excluding diaryl/α,β-unsaturated/α-hetero) is 1. The van der Waals surface area contributed by atoms with Crippen LogP contribution in [0, 0.1) is 5.41 Å². The van der Waals surface area contributed by atoms with Crippen molar-refractivity contribution < 1.29 is 9.53 Å². The molecule has 0 spiro atoms. The summed E-state index contributed by atoms with van der Waals surface area (Å²) in [7, 11) is 1.62. The topological polar surface area (TPSA) is 52.1 Å². The first kappa shape index (κ1) is 13.1. The van der Waals surface area contributed by atoms with Crippen LogP contribution in [-0.2, 0) is 4.74 Å². The lowest BCUT2D eigenvalue weighted by atomic mass is 9.69. The number of methoxy groups -OCH3 is 1. The van der Waals surface area contributed by atoms with E-state index in [2.05, 4.69) is 23.8 Å². The van der Waals surface area contributed by atoms with Gasteiger partial charge in [-0.05, 0) is 31.1 Å². The SMILES string of the molecule is COC1(C(=O)c2cnccn2)CCC(C)(C)CC1. The van der Waals surface area contributed by atoms with Crippen molar-refractivity contribution in [2.75, 3.05) is 7.11 Å². The predicted octanol–water partition coefficient (Wildman–Crippen LogP) is 2.64. The summed E-state index contributed by atoms with van der Waals surface area (Å²) in [5, 5.41) is 0. The Kier molecular flexibility index (Phi) is 3.48. The fourth-order valence-electron chi connectivity index (χ4n) is 2.50. The molecule has 1 saturated carbocycles. The van der Waals surface area contributed by atoms with Gasteiger partial charge in [-0.25, -0.2) is 4.98 Å². The minimum Gasteiger partial charge on any atom is -0.370 e. The lowest BCUT2D eigenvalue weighted by molar-refractivity contribution is -0.0386. The molecule has 0 saturated heterocycles. The molecule has 1 aliphatic carbocycles. The lowest BCUT2D eigenvalue weighted by Gasteiger charge is -2.41. The first-order valence-corrected chi connectivity index (χ1v) is 6.35. The van der Waals surface area contributed by atoms with Gasteiger partial charge in [0.25, 0.3) is 0 Å². The molecule has 1 aromatic heterocycles. The number of rotatable bonds is 3. The summed E-state index contributed by atoms with van der Waals surface area (Å²) in [6.45, 7) is 4.47. The Balaban J connectivity index is 2.22. The van der Waals surface area contributed by atoms with Crippen LogP contribution >= 0.6 is 0 Å². The molecule has 1 aliphatic rings. The average Bonchev–Trinajstić information content (AvgIpc) is 2.40. The Morgan fingerprint density at radius 3 is 2.39 bits per heavy atom. The minimum absolute atomic E-state index is 0.0337. The summed E-state index contributed by atoms with van der Waals surface area (Å²) in [6, 6.07) is 0. The van der Waals surface area contributed by atoms with E-state index in [-0.39, 0.29) is 5.78 Å². The maximum Gasteiger partial charge on any atom is 0.214 e. The zero-order valence-corrected chi connectivity index (χ0v) is 11.3. The van der Waals surface area contributed by atoms with Gasteiger partial charge in [0.1, 0.15) is 11.3 Å². The third kappa shape index (κ3) is 2.43. The molecular weight excluding hydrogens is 228 g/mol. The van der Waals surface area contributed by atoms with Crippen molar-refractivity contribution in [3.05, 3.63) is 24.3 Å². The fraction of sp³-hybridized carbons (Fsp3) is 0.643. The van der Waals surface area contributed by atoms with Crippen molar-refractivity contribution in [3.8, 4) is 0 Å². The van der Waals surface area contributed by atoms with E-state index < -0.39 is 5.60 Å². The molecule has 0 aromatic carbocycles. The molecule has 1 aromatic rings. The van der Waals surface area contributed by atoms with Crippen LogP contribution in [0.4, 0.5) is 0 Å². The number of aromatic nitrogens is 2. The second kappa shape index (κ2) is 4.76. The molecule has 0 aliphatic heterocycles. The predicted molar refractivity (Wildman–Crippen MR) is 68.4 cm³/mol. The van der Waals surface area contributed by atoms with Crippen molar-refractivity contribution in [3.63, 3.8) is 0 Å². The van der Waals surface area contributed by atoms with Crippen LogP contribution in [-0.4, -0.2) is 28.5 Å². The number of carbonyl (C=O) groups is 1. The molecule has 0 atom stereocenters. The highest BCUT2D eigenvalue weighted by Gasteiger charge is 2.44. The summed E-state index contributed by atoms with van der Waals surface area (Å²) in [4.78, 5) is 20.6. The van der Waals surface area contributed by atoms with E-state index in [1.54, 1.807) is 19.5 Å². The van der Waals surface area contributed by atoms with Gasteiger partial charge in [-0.1, -0.05) is 13.8 Å². The van der Waals surface area contributed by atoms with E-state index in [1.165, 1.54) is 6.20 Å². The van der Waals surface area contributed by atoms with Crippen LogP contribution in [0.2, 0.25) is 0 Å². The van der Waals surface area contributed by atoms with Crippen LogP contribution in [0.25, 0.3) is 0 Å². The number of ketones is 1. The third-order valence-corrected chi connectivity index (χ3v) is 4.01. The Hall–Kier alpha value is -1.29. The maximum atomic E-state index is 12.5. The van der Waals surface area contributed by atoms with Gasteiger partial charge in [0.2, 0.25) is 5.78 Å². The molecule has 4 heteroatoms. The van der Waals surface area contributed by atoms with Crippen molar-refractivity contribution in [1.82, 2.24) is 9.97 Å². The van der Waals surface area contributed by atoms with Crippen molar-refractivity contribution in [2.24, 2.45) is 5.41 Å². The molecule has 1 heterocycles. The second-order valence-electron chi connectivity index (χ2n) is 5.78. The van der Waals surface area contributed by atoms with Gasteiger partial charge in [-0.2, -0.15) is 0 Å². The van der Waals surface area contributed by atoms with E-state index in [4.69, 9.17) is 4.74 Å². The average molecular weight is 248 g/mol. The second-order valence-corrected chi connectivity index (χ2v) is 5.78. The highest BCUT2D eigenvalue weighted by atomic mass is 16.5. The Morgan fingerprint density at radius 2 is 1.89 bits per heavy atom. The van der Waals surface area contributed by atoms with Crippen LogP contribution in [0.1, 0.15) is 50.0 Å². The van der Waals surface area contributed by atoms with Crippen molar-refractivity contribution in [2.45, 2.75) is 45.1 Å². The summed E-state index contributed by atoms with van der Waals surface area (Å²) >= 11 is 0. The molecule has 98 valence electrons. The Morgan fingerprint density at radius 1 is 1.22 bits per heavy atom. The Bertz CT molecular complexity index is 419. The molecule has 18 heavy (non-hydrogen) atoms. The third-order valence-electron chi connectivity index (χ3n) is 4.01. The summed E-state index contributed by atoms with van der Waals surface area (Å²) in [5.74, 6) is -0.0337. The molecule has 4 nitrogen and oxygen atoms in total. The van der Waals surface area contributed by atoms with E-state index in [1.807, 2.05) is 0 Å². The van der Waals surface area contributed by atoms with Crippen molar-refractivity contribution >= 4 is 5.78 Å². The zero-order valence-electron chi connectivity index (χ0n) is 11.3. The van der Waals surface area contributed by atoms with Gasteiger partial charge < -0.3 is 4.74 Å². The molecule has 0 N–H and O–H groups in total. The van der Waals surface area contributed by atoms with Crippen LogP contribution < -0.4 is 0 Å². The van der Waals surface area contributed by atoms with E-state index in [0.29, 0.717) is 11.1 Å². The molecule has 0 unspecified atom stereocenters. The fourth-order valence-corrected chi connectivity index (χ4v) is 2.50. The van der Waals surface area contributed by atoms with E-state index >= 15 is 0 Å². The normalized spacial score (nSPS) is 21.5. The van der Waals surface area contributed by atoms with Gasteiger partial charge >= 0.3 is 0 Å². The van der Waals surface area contributed by atoms with Crippen LogP contribution in [0.15, 0.2) is 18.6 Å². The summed E-state index contributed by atoms with van der Waals surface area (Å²) in [5.41, 5.74) is -0.00461. The molecule has 1 fully saturated rings. The molecular formula is C14H20N2O2. The molecule has 0 radical (unpaired) electrons. The van der Waals surface area contributed by atoms with Gasteiger partial charge in [0.05, 0.1) is 6.20 Å². The molecule has 0 bridgehead atoms. The quantitative estimate of drug-likeness (QED) is 0.772. The first-order valence-electron chi connectivity index (χ1n) is 6.35. The van der Waals surface area contributed by atoms with Gasteiger partial charge in [-0.15, -0.1) is 0 Å². The van der Waals surface area contributed by atoms with Gasteiger partial charge in [-0.3, -0.25) is 9.78 Å². The standard InChI is InChI=1S/C14H20N2O2/c1-13(2)4-6-14(18-3,7-5-13)12(17)11-10-15-8-9-16-11/h8-10H,4-7H2,1-3H3. The molecule has 0 amide bonds. The number of ether oxygens (including phenoxy) is 1. The van der Waals surface area contributed by atoms with Gasteiger partial charge in [0.15, 0.2) is 0 Å². The number of carbonyl (C=O) groups excluding carboxylic acids is 1. The number of hydrogen-bond donors (Lipinski definition) is 0. The van der Waals surface area contributed by atoms with Crippen LogP contribution in [0.3, 0.4) is 0 Å². The highest BCUT2D eigenvalue weighted by molar-refractivity contribution is 6.00. The highest BCUT2D eigenvalue weighted by Crippen LogP contribution is 2.42. The summed E-state index contributed by atoms with van der Waals surface area (Å²) < 4.78 is 5.57. The number of nitrogens with zero attached hydrogens (tertiary/aromatic N) is 2. The largest absolute Gasteiger partial charge is 0.370 e. The lowest BCUT2D eigenvalue weighted by Crippen LogP contribution is -2.46. The minimum atomic E-state index is -0.703. The smallest absolute Gasteiger partial charge is 0.214 e. The number of hydrogen-bond acceptors (Lipinski definition) is 4. The zero-order chi connectivity index (χ0) is 13.2. The van der Waals surface area contributed by atoms with Crippen LogP contribution in [0.5, 0.6) is 0 Å². The maximum absolute atomic E-state index is 12.5. The monoisotopic (exact) mass is 248 g/mol. The van der Waals surface area contributed by atoms with Crippen molar-refractivity contribution in [1.29, 1.82) is 0 Å². The summed E-state index contributed by atoms with van der Waals surface area (Å²) in [6.07, 6.45) is 8.13. The van der Waals surface area contributed by atoms with Gasteiger partial charge in [0, 0.05) is 19.5 Å². The van der Waals surface area contributed by atoms with E-state index in [0.717, 1.165) is 25.7 Å². The van der Waals surface area contributed by atoms with E-state index in [9.17, 15) is 4.79 Å².